The summed E-state index contributed by atoms with van der Waals surface area (Å²) in [5.41, 5.74) is 0.615. The van der Waals surface area contributed by atoms with Gasteiger partial charge in [-0.1, -0.05) is 0 Å². The number of hydrogen-bond acceptors (Lipinski definition) is 4. The molecule has 1 aromatic heterocycles. The molecule has 0 saturated carbocycles. The van der Waals surface area contributed by atoms with Crippen molar-refractivity contribution in [3.05, 3.63) is 21.9 Å². The van der Waals surface area contributed by atoms with Crippen molar-refractivity contribution in [1.29, 1.82) is 0 Å². The number of aliphatic hydroxyl groups excluding tert-OH is 1. The molecular weight excluding hydrogens is 152 g/mol. The van der Waals surface area contributed by atoms with Crippen LogP contribution in [0.4, 0.5) is 0 Å². The third kappa shape index (κ3) is 1.34. The fourth-order valence-corrected chi connectivity index (χ4v) is 1.30. The first kappa shape index (κ1) is 7.24. The molecule has 0 radical (unpaired) electrons. The minimum absolute atomic E-state index is 0.121. The van der Waals surface area contributed by atoms with Crippen molar-refractivity contribution in [3.63, 3.8) is 0 Å². The molecule has 3 nitrogen and oxygen atoms in total. The highest BCUT2D eigenvalue weighted by Crippen LogP contribution is 2.12. The second-order valence-corrected chi connectivity index (χ2v) is 2.68. The molecule has 0 aromatic carbocycles. The molecule has 10 heavy (non-hydrogen) atoms. The van der Waals surface area contributed by atoms with Gasteiger partial charge in [-0.2, -0.15) is 0 Å². The summed E-state index contributed by atoms with van der Waals surface area (Å²) in [5, 5.41) is 20.3. The predicted molar refractivity (Wildman–Crippen MR) is 34.6 cm³/mol. The standard InChI is InChI=1S/C6H6O3S/c7-2-4-1-5(6(8)9)10-3-4/h1,3,7H,2H2,(H,8,9)/p-1. The highest BCUT2D eigenvalue weighted by atomic mass is 32.1. The average Bonchev–Trinajstić information content (AvgIpc) is 2.34. The summed E-state index contributed by atoms with van der Waals surface area (Å²) >= 11 is 1.06. The molecule has 0 amide bonds. The van der Waals surface area contributed by atoms with E-state index < -0.39 is 5.97 Å². The van der Waals surface area contributed by atoms with Gasteiger partial charge in [0.2, 0.25) is 0 Å². The minimum Gasteiger partial charge on any atom is -0.544 e. The summed E-state index contributed by atoms with van der Waals surface area (Å²) < 4.78 is 0. The van der Waals surface area contributed by atoms with E-state index in [4.69, 9.17) is 5.11 Å². The van der Waals surface area contributed by atoms with Crippen molar-refractivity contribution < 1.29 is 15.0 Å². The van der Waals surface area contributed by atoms with E-state index in [0.29, 0.717) is 5.56 Å². The van der Waals surface area contributed by atoms with Gasteiger partial charge >= 0.3 is 0 Å². The molecule has 0 aliphatic carbocycles. The molecule has 1 N–H and O–H groups in total. The Kier molecular flexibility index (Phi) is 2.03. The summed E-state index contributed by atoms with van der Waals surface area (Å²) in [4.78, 5) is 10.3. The van der Waals surface area contributed by atoms with Crippen LogP contribution in [0.25, 0.3) is 0 Å². The van der Waals surface area contributed by atoms with Crippen LogP contribution in [0.2, 0.25) is 0 Å². The third-order valence-corrected chi connectivity index (χ3v) is 2.00. The molecule has 0 spiro atoms. The normalized spacial score (nSPS) is 9.70. The number of carboxylic acid groups (broad SMARTS) is 1. The van der Waals surface area contributed by atoms with Crippen LogP contribution in [0, 0.1) is 0 Å². The van der Waals surface area contributed by atoms with Crippen LogP contribution in [-0.2, 0) is 6.61 Å². The Labute approximate surface area is 61.6 Å². The van der Waals surface area contributed by atoms with E-state index in [9.17, 15) is 9.90 Å². The van der Waals surface area contributed by atoms with Crippen LogP contribution in [0.1, 0.15) is 15.2 Å². The first-order valence-electron chi connectivity index (χ1n) is 2.63. The zero-order valence-corrected chi connectivity index (χ0v) is 5.85. The van der Waals surface area contributed by atoms with Gasteiger partial charge in [-0.15, -0.1) is 11.3 Å². The number of thiophene rings is 1. The van der Waals surface area contributed by atoms with Crippen molar-refractivity contribution in [2.75, 3.05) is 0 Å². The van der Waals surface area contributed by atoms with Gasteiger partial charge in [0.05, 0.1) is 17.5 Å². The van der Waals surface area contributed by atoms with Crippen molar-refractivity contribution >= 4 is 17.3 Å². The van der Waals surface area contributed by atoms with Crippen molar-refractivity contribution in [1.82, 2.24) is 0 Å². The predicted octanol–water partition coefficient (Wildman–Crippen LogP) is -0.396. The molecule has 1 aromatic rings. The molecular formula is C6H5O3S-. The Balaban J connectivity index is 2.88. The van der Waals surface area contributed by atoms with Crippen LogP contribution in [0.15, 0.2) is 11.4 Å². The van der Waals surface area contributed by atoms with Gasteiger partial charge in [0.1, 0.15) is 0 Å². The Morgan fingerprint density at radius 1 is 1.80 bits per heavy atom. The molecule has 54 valence electrons. The minimum atomic E-state index is -1.19. The van der Waals surface area contributed by atoms with Crippen molar-refractivity contribution in [2.45, 2.75) is 6.61 Å². The van der Waals surface area contributed by atoms with Gasteiger partial charge in [0, 0.05) is 0 Å². The first-order chi connectivity index (χ1) is 4.74. The average molecular weight is 157 g/mol. The second-order valence-electron chi connectivity index (χ2n) is 1.76. The topological polar surface area (TPSA) is 60.4 Å². The van der Waals surface area contributed by atoms with Gasteiger partial charge < -0.3 is 15.0 Å². The number of carbonyl (C=O) groups excluding carboxylic acids is 1. The number of aliphatic hydroxyl groups is 1. The molecule has 1 rings (SSSR count). The Hall–Kier alpha value is -0.870. The number of carbonyl (C=O) groups is 1. The van der Waals surface area contributed by atoms with E-state index >= 15 is 0 Å². The maximum Gasteiger partial charge on any atom is 0.0815 e. The van der Waals surface area contributed by atoms with Crippen LogP contribution in [0.5, 0.6) is 0 Å². The summed E-state index contributed by atoms with van der Waals surface area (Å²) in [7, 11) is 0. The summed E-state index contributed by atoms with van der Waals surface area (Å²) in [6, 6.07) is 1.40. The maximum absolute atomic E-state index is 10.1. The Morgan fingerprint density at radius 2 is 2.50 bits per heavy atom. The van der Waals surface area contributed by atoms with E-state index in [2.05, 4.69) is 0 Å². The van der Waals surface area contributed by atoms with Crippen LogP contribution < -0.4 is 5.11 Å². The van der Waals surface area contributed by atoms with Gasteiger partial charge in [-0.3, -0.25) is 0 Å². The molecule has 0 saturated heterocycles. The van der Waals surface area contributed by atoms with Crippen LogP contribution in [0.3, 0.4) is 0 Å². The Morgan fingerprint density at radius 3 is 2.80 bits per heavy atom. The quantitative estimate of drug-likeness (QED) is 0.635. The van der Waals surface area contributed by atoms with Crippen LogP contribution >= 0.6 is 11.3 Å². The fourth-order valence-electron chi connectivity index (χ4n) is 0.566. The highest BCUT2D eigenvalue weighted by molar-refractivity contribution is 7.12. The lowest BCUT2D eigenvalue weighted by Crippen LogP contribution is -2.20. The van der Waals surface area contributed by atoms with Gasteiger partial charge in [0.25, 0.3) is 0 Å². The molecule has 1 heterocycles. The number of carboxylic acids is 1. The third-order valence-electron chi connectivity index (χ3n) is 1.04. The maximum atomic E-state index is 10.1. The monoisotopic (exact) mass is 157 g/mol. The summed E-state index contributed by atoms with van der Waals surface area (Å²) in [6.07, 6.45) is 0. The van der Waals surface area contributed by atoms with Crippen molar-refractivity contribution in [2.24, 2.45) is 0 Å². The van der Waals surface area contributed by atoms with E-state index in [-0.39, 0.29) is 11.5 Å². The zero-order valence-electron chi connectivity index (χ0n) is 5.03. The first-order valence-corrected chi connectivity index (χ1v) is 3.51. The van der Waals surface area contributed by atoms with Crippen LogP contribution in [-0.4, -0.2) is 11.1 Å². The van der Waals surface area contributed by atoms with E-state index in [1.807, 2.05) is 0 Å². The highest BCUT2D eigenvalue weighted by Gasteiger charge is 1.97. The number of rotatable bonds is 2. The second kappa shape index (κ2) is 2.81. The van der Waals surface area contributed by atoms with Gasteiger partial charge in [0.15, 0.2) is 0 Å². The molecule has 0 bridgehead atoms. The molecule has 4 heteroatoms. The Bertz CT molecular complexity index is 241. The fraction of sp³-hybridized carbons (Fsp3) is 0.167. The van der Waals surface area contributed by atoms with E-state index in [1.165, 1.54) is 6.07 Å². The van der Waals surface area contributed by atoms with E-state index in [1.54, 1.807) is 5.38 Å². The SMILES string of the molecule is O=C([O-])c1cc(CO)cs1. The molecule has 0 fully saturated rings. The van der Waals surface area contributed by atoms with Gasteiger partial charge in [-0.25, -0.2) is 0 Å². The summed E-state index contributed by atoms with van der Waals surface area (Å²) in [6.45, 7) is -0.121. The molecule has 0 aliphatic rings. The molecule has 0 unspecified atom stereocenters. The largest absolute Gasteiger partial charge is 0.544 e. The molecule has 0 atom stereocenters. The van der Waals surface area contributed by atoms with E-state index in [0.717, 1.165) is 11.3 Å². The van der Waals surface area contributed by atoms with Gasteiger partial charge in [-0.05, 0) is 17.0 Å². The number of hydrogen-bond donors (Lipinski definition) is 1. The lowest BCUT2D eigenvalue weighted by Gasteiger charge is -1.92. The lowest BCUT2D eigenvalue weighted by atomic mass is 10.3. The smallest absolute Gasteiger partial charge is 0.0815 e. The van der Waals surface area contributed by atoms with Crippen molar-refractivity contribution in [3.8, 4) is 0 Å². The molecule has 0 aliphatic heterocycles. The summed E-state index contributed by atoms with van der Waals surface area (Å²) in [5.74, 6) is -1.19. The number of aromatic carboxylic acids is 1. The lowest BCUT2D eigenvalue weighted by molar-refractivity contribution is -0.254. The zero-order chi connectivity index (χ0) is 7.56.